The zero-order valence-corrected chi connectivity index (χ0v) is 10.7. The molecule has 3 rings (SSSR count). The van der Waals surface area contributed by atoms with Gasteiger partial charge in [-0.25, -0.2) is 9.97 Å². The molecule has 0 unspecified atom stereocenters. The van der Waals surface area contributed by atoms with Crippen molar-refractivity contribution in [1.82, 2.24) is 30.0 Å². The molecule has 0 aromatic carbocycles. The summed E-state index contributed by atoms with van der Waals surface area (Å²) >= 11 is 0. The Labute approximate surface area is 110 Å². The Morgan fingerprint density at radius 2 is 2.32 bits per heavy atom. The maximum Gasteiger partial charge on any atom is 0.177 e. The van der Waals surface area contributed by atoms with Gasteiger partial charge in [0, 0.05) is 24.6 Å². The predicted octanol–water partition coefficient (Wildman–Crippen LogP) is 1.33. The minimum atomic E-state index is 0.320. The minimum absolute atomic E-state index is 0.320. The monoisotopic (exact) mass is 256 g/mol. The normalized spacial score (nSPS) is 12.9. The Morgan fingerprint density at radius 3 is 3.11 bits per heavy atom. The minimum Gasteiger partial charge on any atom is -0.340 e. The Bertz CT molecular complexity index is 609. The van der Waals surface area contributed by atoms with Gasteiger partial charge in [0.15, 0.2) is 5.65 Å². The van der Waals surface area contributed by atoms with Crippen molar-refractivity contribution in [3.8, 4) is 0 Å². The second-order valence-corrected chi connectivity index (χ2v) is 4.57. The lowest BCUT2D eigenvalue weighted by Crippen LogP contribution is -2.30. The van der Waals surface area contributed by atoms with E-state index in [0.29, 0.717) is 12.6 Å². The molecule has 0 spiro atoms. The lowest BCUT2D eigenvalue weighted by Gasteiger charge is -2.12. The SMILES string of the molecule is C[C@@H](Cn1cccn1)NCc1nc2ncccc2[nH]1. The summed E-state index contributed by atoms with van der Waals surface area (Å²) < 4.78 is 1.91. The van der Waals surface area contributed by atoms with Crippen molar-refractivity contribution in [2.45, 2.75) is 26.1 Å². The Balaban J connectivity index is 1.59. The number of nitrogens with zero attached hydrogens (tertiary/aromatic N) is 4. The molecule has 0 aliphatic heterocycles. The molecule has 0 saturated heterocycles. The molecule has 6 nitrogen and oxygen atoms in total. The molecule has 3 heterocycles. The third-order valence-corrected chi connectivity index (χ3v) is 2.94. The van der Waals surface area contributed by atoms with E-state index in [1.165, 1.54) is 0 Å². The van der Waals surface area contributed by atoms with Crippen molar-refractivity contribution < 1.29 is 0 Å². The van der Waals surface area contributed by atoms with Crippen LogP contribution in [-0.4, -0.2) is 30.8 Å². The maximum atomic E-state index is 4.43. The first kappa shape index (κ1) is 11.9. The summed E-state index contributed by atoms with van der Waals surface area (Å²) in [6.45, 7) is 3.66. The van der Waals surface area contributed by atoms with Crippen molar-refractivity contribution in [1.29, 1.82) is 0 Å². The van der Waals surface area contributed by atoms with Crippen molar-refractivity contribution in [2.75, 3.05) is 0 Å². The van der Waals surface area contributed by atoms with Gasteiger partial charge >= 0.3 is 0 Å². The topological polar surface area (TPSA) is 71.4 Å². The molecule has 3 aromatic rings. The van der Waals surface area contributed by atoms with Crippen LogP contribution < -0.4 is 5.32 Å². The molecule has 98 valence electrons. The average molecular weight is 256 g/mol. The largest absolute Gasteiger partial charge is 0.340 e. The molecule has 0 aliphatic rings. The van der Waals surface area contributed by atoms with Gasteiger partial charge in [-0.1, -0.05) is 0 Å². The number of aromatic amines is 1. The standard InChI is InChI=1S/C13H16N6/c1-10(9-19-7-3-6-16-19)15-8-12-17-11-4-2-5-14-13(11)18-12/h2-7,10,15H,8-9H2,1H3,(H,14,17,18)/t10-/m0/s1. The first-order valence-electron chi connectivity index (χ1n) is 6.32. The van der Waals surface area contributed by atoms with Gasteiger partial charge in [0.05, 0.1) is 18.6 Å². The predicted molar refractivity (Wildman–Crippen MR) is 72.4 cm³/mol. The number of fused-ring (bicyclic) bond motifs is 1. The Hall–Kier alpha value is -2.21. The molecule has 6 heteroatoms. The number of hydrogen-bond acceptors (Lipinski definition) is 4. The van der Waals surface area contributed by atoms with E-state index in [2.05, 4.69) is 32.3 Å². The van der Waals surface area contributed by atoms with Crippen molar-refractivity contribution >= 4 is 11.2 Å². The molecule has 0 aliphatic carbocycles. The van der Waals surface area contributed by atoms with E-state index < -0.39 is 0 Å². The van der Waals surface area contributed by atoms with Crippen LogP contribution in [0.3, 0.4) is 0 Å². The smallest absolute Gasteiger partial charge is 0.177 e. The van der Waals surface area contributed by atoms with E-state index in [1.54, 1.807) is 12.4 Å². The molecule has 2 N–H and O–H groups in total. The van der Waals surface area contributed by atoms with Gasteiger partial charge in [-0.15, -0.1) is 0 Å². The quantitative estimate of drug-likeness (QED) is 0.722. The maximum absolute atomic E-state index is 4.43. The van der Waals surface area contributed by atoms with Crippen LogP contribution in [0.15, 0.2) is 36.8 Å². The number of hydrogen-bond donors (Lipinski definition) is 2. The van der Waals surface area contributed by atoms with Crippen LogP contribution in [0.1, 0.15) is 12.7 Å². The highest BCUT2D eigenvalue weighted by Crippen LogP contribution is 2.07. The summed E-state index contributed by atoms with van der Waals surface area (Å²) in [5.74, 6) is 0.904. The van der Waals surface area contributed by atoms with Crippen LogP contribution >= 0.6 is 0 Å². The summed E-state index contributed by atoms with van der Waals surface area (Å²) in [5.41, 5.74) is 1.73. The highest BCUT2D eigenvalue weighted by Gasteiger charge is 2.06. The van der Waals surface area contributed by atoms with Crippen LogP contribution in [0.2, 0.25) is 0 Å². The first-order chi connectivity index (χ1) is 9.31. The van der Waals surface area contributed by atoms with E-state index >= 15 is 0 Å². The number of imidazole rings is 1. The highest BCUT2D eigenvalue weighted by atomic mass is 15.3. The van der Waals surface area contributed by atoms with E-state index in [0.717, 1.165) is 23.5 Å². The number of rotatable bonds is 5. The van der Waals surface area contributed by atoms with Crippen molar-refractivity contribution in [3.63, 3.8) is 0 Å². The van der Waals surface area contributed by atoms with Crippen molar-refractivity contribution in [3.05, 3.63) is 42.6 Å². The molecule has 0 saturated carbocycles. The van der Waals surface area contributed by atoms with Crippen LogP contribution in [0.4, 0.5) is 0 Å². The van der Waals surface area contributed by atoms with Crippen LogP contribution in [-0.2, 0) is 13.1 Å². The van der Waals surface area contributed by atoms with Gasteiger partial charge in [-0.3, -0.25) is 4.68 Å². The van der Waals surface area contributed by atoms with Gasteiger partial charge in [-0.2, -0.15) is 5.10 Å². The summed E-state index contributed by atoms with van der Waals surface area (Å²) in [6, 6.07) is 6.13. The highest BCUT2D eigenvalue weighted by molar-refractivity contribution is 5.69. The summed E-state index contributed by atoms with van der Waals surface area (Å²) in [4.78, 5) is 11.9. The molecule has 0 bridgehead atoms. The van der Waals surface area contributed by atoms with E-state index in [1.807, 2.05) is 29.1 Å². The lowest BCUT2D eigenvalue weighted by molar-refractivity contribution is 0.446. The second-order valence-electron chi connectivity index (χ2n) is 4.57. The molecule has 1 atom stereocenters. The fraction of sp³-hybridized carbons (Fsp3) is 0.308. The fourth-order valence-corrected chi connectivity index (χ4v) is 2.00. The number of aromatic nitrogens is 5. The molecule has 19 heavy (non-hydrogen) atoms. The number of H-pyrrole nitrogens is 1. The first-order valence-corrected chi connectivity index (χ1v) is 6.32. The number of pyridine rings is 1. The second kappa shape index (κ2) is 5.19. The van der Waals surface area contributed by atoms with Crippen LogP contribution in [0, 0.1) is 0 Å². The Kier molecular flexibility index (Phi) is 3.24. The van der Waals surface area contributed by atoms with Gasteiger partial charge in [0.1, 0.15) is 5.82 Å². The molecule has 0 fully saturated rings. The summed E-state index contributed by atoms with van der Waals surface area (Å²) in [7, 11) is 0. The van der Waals surface area contributed by atoms with E-state index in [4.69, 9.17) is 0 Å². The van der Waals surface area contributed by atoms with Gasteiger partial charge in [0.2, 0.25) is 0 Å². The zero-order valence-electron chi connectivity index (χ0n) is 10.7. The van der Waals surface area contributed by atoms with Crippen molar-refractivity contribution in [2.24, 2.45) is 0 Å². The lowest BCUT2D eigenvalue weighted by atomic mass is 10.3. The van der Waals surface area contributed by atoms with E-state index in [9.17, 15) is 0 Å². The third kappa shape index (κ3) is 2.79. The fourth-order valence-electron chi connectivity index (χ4n) is 2.00. The molecule has 0 amide bonds. The molecule has 0 radical (unpaired) electrons. The van der Waals surface area contributed by atoms with E-state index in [-0.39, 0.29) is 0 Å². The van der Waals surface area contributed by atoms with Crippen LogP contribution in [0.5, 0.6) is 0 Å². The summed E-state index contributed by atoms with van der Waals surface area (Å²) in [6.07, 6.45) is 5.50. The third-order valence-electron chi connectivity index (χ3n) is 2.94. The van der Waals surface area contributed by atoms with Gasteiger partial charge in [-0.05, 0) is 25.1 Å². The number of nitrogens with one attached hydrogen (secondary N) is 2. The molecular formula is C13H16N6. The average Bonchev–Trinajstić information content (AvgIpc) is 3.04. The van der Waals surface area contributed by atoms with Gasteiger partial charge < -0.3 is 10.3 Å². The van der Waals surface area contributed by atoms with Crippen LogP contribution in [0.25, 0.3) is 11.2 Å². The Morgan fingerprint density at radius 1 is 1.37 bits per heavy atom. The molecular weight excluding hydrogens is 240 g/mol. The molecule has 3 aromatic heterocycles. The van der Waals surface area contributed by atoms with Gasteiger partial charge in [0.25, 0.3) is 0 Å². The summed E-state index contributed by atoms with van der Waals surface area (Å²) in [5, 5.41) is 7.60. The zero-order chi connectivity index (χ0) is 13.1.